The molecular weight excluding hydrogens is 480 g/mol. The molecule has 0 heterocycles. The SMILES string of the molecule is CCC(CC(OC)C(C)CCC(O)C(C)C(OC)C(C)COCc1ccccc1)O[Si](C)(C)C(C)(C)C. The van der Waals surface area contributed by atoms with Gasteiger partial charge in [-0.15, -0.1) is 0 Å². The third kappa shape index (κ3) is 11.5. The number of hydrogen-bond donors (Lipinski definition) is 1. The fraction of sp³-hybridized carbons (Fsp3) is 0.806. The van der Waals surface area contributed by atoms with Gasteiger partial charge < -0.3 is 23.7 Å². The standard InChI is InChI=1S/C31H58O5Si/c1-12-27(36-37(10,11)31(5,6)7)20-29(33-8)23(2)18-19-28(32)25(4)30(34-9)24(3)21-35-22-26-16-14-13-15-17-26/h13-17,23-25,27-30,32H,12,18-22H2,1-11H3. The van der Waals surface area contributed by atoms with E-state index < -0.39 is 14.4 Å². The van der Waals surface area contributed by atoms with Gasteiger partial charge in [-0.3, -0.25) is 0 Å². The third-order valence-electron chi connectivity index (χ3n) is 8.52. The van der Waals surface area contributed by atoms with Gasteiger partial charge in [-0.05, 0) is 55.3 Å². The Morgan fingerprint density at radius 2 is 1.54 bits per heavy atom. The van der Waals surface area contributed by atoms with E-state index in [-0.39, 0.29) is 35.2 Å². The average Bonchev–Trinajstić information content (AvgIpc) is 2.84. The molecule has 5 nitrogen and oxygen atoms in total. The second kappa shape index (κ2) is 16.4. The molecule has 0 aliphatic rings. The molecule has 1 N–H and O–H groups in total. The van der Waals surface area contributed by atoms with Gasteiger partial charge >= 0.3 is 0 Å². The second-order valence-corrected chi connectivity index (χ2v) is 17.3. The molecule has 0 spiro atoms. The van der Waals surface area contributed by atoms with Gasteiger partial charge in [0, 0.05) is 32.2 Å². The Hall–Kier alpha value is -0.763. The molecule has 0 bridgehead atoms. The number of ether oxygens (including phenoxy) is 3. The highest BCUT2D eigenvalue weighted by Gasteiger charge is 2.39. The van der Waals surface area contributed by atoms with Crippen molar-refractivity contribution in [1.82, 2.24) is 0 Å². The number of benzene rings is 1. The normalized spacial score (nSPS) is 18.6. The Morgan fingerprint density at radius 1 is 0.919 bits per heavy atom. The van der Waals surface area contributed by atoms with Crippen LogP contribution in [0.1, 0.15) is 79.7 Å². The number of rotatable bonds is 18. The highest BCUT2D eigenvalue weighted by molar-refractivity contribution is 6.74. The van der Waals surface area contributed by atoms with E-state index in [1.807, 2.05) is 18.2 Å². The summed E-state index contributed by atoms with van der Waals surface area (Å²) in [7, 11) is 1.71. The van der Waals surface area contributed by atoms with Gasteiger partial charge in [0.1, 0.15) is 0 Å². The van der Waals surface area contributed by atoms with Gasteiger partial charge in [0.2, 0.25) is 0 Å². The van der Waals surface area contributed by atoms with Crippen molar-refractivity contribution in [3.8, 4) is 0 Å². The monoisotopic (exact) mass is 538 g/mol. The Labute approximate surface area is 229 Å². The molecule has 0 saturated carbocycles. The maximum Gasteiger partial charge on any atom is 0.192 e. The lowest BCUT2D eigenvalue weighted by atomic mass is 9.85. The molecule has 37 heavy (non-hydrogen) atoms. The van der Waals surface area contributed by atoms with Crippen molar-refractivity contribution < 1.29 is 23.7 Å². The Morgan fingerprint density at radius 3 is 2.05 bits per heavy atom. The lowest BCUT2D eigenvalue weighted by Crippen LogP contribution is -2.45. The Kier molecular flexibility index (Phi) is 15.2. The van der Waals surface area contributed by atoms with E-state index in [1.54, 1.807) is 14.2 Å². The van der Waals surface area contributed by atoms with E-state index in [0.29, 0.717) is 19.1 Å². The highest BCUT2D eigenvalue weighted by atomic mass is 28.4. The molecule has 0 amide bonds. The van der Waals surface area contributed by atoms with Crippen molar-refractivity contribution in [2.45, 2.75) is 123 Å². The summed E-state index contributed by atoms with van der Waals surface area (Å²) in [5, 5.41) is 11.3. The first-order valence-corrected chi connectivity index (χ1v) is 17.2. The van der Waals surface area contributed by atoms with Gasteiger partial charge in [-0.25, -0.2) is 0 Å². The summed E-state index contributed by atoms with van der Waals surface area (Å²) >= 11 is 0. The van der Waals surface area contributed by atoms with E-state index in [9.17, 15) is 5.11 Å². The summed E-state index contributed by atoms with van der Waals surface area (Å²) in [5.41, 5.74) is 1.17. The fourth-order valence-electron chi connectivity index (χ4n) is 4.81. The molecule has 7 atom stereocenters. The zero-order chi connectivity index (χ0) is 28.2. The van der Waals surface area contributed by atoms with Crippen molar-refractivity contribution >= 4 is 8.32 Å². The van der Waals surface area contributed by atoms with Gasteiger partial charge in [0.15, 0.2) is 8.32 Å². The molecule has 0 saturated heterocycles. The van der Waals surface area contributed by atoms with E-state index in [2.05, 4.69) is 73.7 Å². The first kappa shape index (κ1) is 34.3. The number of hydrogen-bond acceptors (Lipinski definition) is 5. The topological polar surface area (TPSA) is 57.2 Å². The van der Waals surface area contributed by atoms with Crippen LogP contribution in [0.2, 0.25) is 18.1 Å². The van der Waals surface area contributed by atoms with Crippen LogP contribution in [0.5, 0.6) is 0 Å². The van der Waals surface area contributed by atoms with Crippen molar-refractivity contribution in [1.29, 1.82) is 0 Å². The second-order valence-electron chi connectivity index (χ2n) is 12.6. The van der Waals surface area contributed by atoms with E-state index in [4.69, 9.17) is 18.6 Å². The first-order valence-electron chi connectivity index (χ1n) is 14.3. The van der Waals surface area contributed by atoms with E-state index >= 15 is 0 Å². The third-order valence-corrected chi connectivity index (χ3v) is 13.1. The maximum absolute atomic E-state index is 11.1. The van der Waals surface area contributed by atoms with Crippen LogP contribution in [0, 0.1) is 17.8 Å². The van der Waals surface area contributed by atoms with Crippen LogP contribution in [0.15, 0.2) is 30.3 Å². The lowest BCUT2D eigenvalue weighted by Gasteiger charge is -2.40. The fourth-order valence-corrected chi connectivity index (χ4v) is 6.26. The molecule has 0 radical (unpaired) electrons. The molecule has 1 aromatic carbocycles. The molecule has 1 rings (SSSR count). The summed E-state index contributed by atoms with van der Waals surface area (Å²) in [4.78, 5) is 0. The quantitative estimate of drug-likeness (QED) is 0.196. The van der Waals surface area contributed by atoms with Crippen LogP contribution in [-0.4, -0.2) is 58.7 Å². The number of aliphatic hydroxyl groups is 1. The minimum atomic E-state index is -1.83. The molecule has 6 heteroatoms. The van der Waals surface area contributed by atoms with Crippen LogP contribution in [0.3, 0.4) is 0 Å². The van der Waals surface area contributed by atoms with Crippen molar-refractivity contribution in [2.75, 3.05) is 20.8 Å². The molecular formula is C31H58O5Si. The molecule has 0 fully saturated rings. The number of aliphatic hydroxyl groups excluding tert-OH is 1. The Bertz CT molecular complexity index is 720. The Balaban J connectivity index is 2.60. The van der Waals surface area contributed by atoms with Gasteiger partial charge in [0.05, 0.1) is 31.5 Å². The molecule has 0 aromatic heterocycles. The zero-order valence-electron chi connectivity index (χ0n) is 25.8. The summed E-state index contributed by atoms with van der Waals surface area (Å²) in [6.07, 6.45) is 3.30. The predicted molar refractivity (Wildman–Crippen MR) is 157 cm³/mol. The van der Waals surface area contributed by atoms with Crippen LogP contribution in [0.4, 0.5) is 0 Å². The van der Waals surface area contributed by atoms with Gasteiger partial charge in [0.25, 0.3) is 0 Å². The minimum Gasteiger partial charge on any atom is -0.414 e. The van der Waals surface area contributed by atoms with Crippen LogP contribution in [-0.2, 0) is 25.2 Å². The largest absolute Gasteiger partial charge is 0.414 e. The predicted octanol–water partition coefficient (Wildman–Crippen LogP) is 7.47. The lowest BCUT2D eigenvalue weighted by molar-refractivity contribution is -0.0611. The van der Waals surface area contributed by atoms with Gasteiger partial charge in [-0.2, -0.15) is 0 Å². The molecule has 0 aliphatic heterocycles. The first-order chi connectivity index (χ1) is 17.3. The van der Waals surface area contributed by atoms with Crippen LogP contribution < -0.4 is 0 Å². The van der Waals surface area contributed by atoms with E-state index in [1.165, 1.54) is 5.56 Å². The molecule has 1 aromatic rings. The van der Waals surface area contributed by atoms with Crippen LogP contribution >= 0.6 is 0 Å². The van der Waals surface area contributed by atoms with Crippen molar-refractivity contribution in [2.24, 2.45) is 17.8 Å². The van der Waals surface area contributed by atoms with E-state index in [0.717, 1.165) is 25.7 Å². The van der Waals surface area contributed by atoms with Crippen molar-refractivity contribution in [3.63, 3.8) is 0 Å². The van der Waals surface area contributed by atoms with Crippen molar-refractivity contribution in [3.05, 3.63) is 35.9 Å². The molecule has 0 aliphatic carbocycles. The maximum atomic E-state index is 11.1. The van der Waals surface area contributed by atoms with Crippen LogP contribution in [0.25, 0.3) is 0 Å². The summed E-state index contributed by atoms with van der Waals surface area (Å²) < 4.78 is 24.4. The number of methoxy groups -OCH3 is 2. The minimum absolute atomic E-state index is 0.0128. The zero-order valence-corrected chi connectivity index (χ0v) is 26.8. The highest BCUT2D eigenvalue weighted by Crippen LogP contribution is 2.38. The average molecular weight is 539 g/mol. The summed E-state index contributed by atoms with van der Waals surface area (Å²) in [5.74, 6) is 0.524. The summed E-state index contributed by atoms with van der Waals surface area (Å²) in [6, 6.07) is 10.2. The molecule has 216 valence electrons. The smallest absolute Gasteiger partial charge is 0.192 e. The van der Waals surface area contributed by atoms with Gasteiger partial charge in [-0.1, -0.05) is 78.8 Å². The summed E-state index contributed by atoms with van der Waals surface area (Å²) in [6.45, 7) is 21.3. The molecule has 7 unspecified atom stereocenters.